The second-order valence-corrected chi connectivity index (χ2v) is 4.31. The van der Waals surface area contributed by atoms with Crippen LogP contribution in [0, 0.1) is 5.92 Å². The predicted octanol–water partition coefficient (Wildman–Crippen LogP) is 2.03. The summed E-state index contributed by atoms with van der Waals surface area (Å²) in [6, 6.07) is 9.54. The van der Waals surface area contributed by atoms with Gasteiger partial charge < -0.3 is 14.2 Å². The van der Waals surface area contributed by atoms with Gasteiger partial charge in [0.05, 0.1) is 13.7 Å². The Morgan fingerprint density at radius 2 is 2.00 bits per heavy atom. The van der Waals surface area contributed by atoms with Crippen LogP contribution in [0.25, 0.3) is 0 Å². The molecule has 0 aliphatic heterocycles. The van der Waals surface area contributed by atoms with Crippen molar-refractivity contribution in [3.8, 4) is 5.75 Å². The number of rotatable bonds is 7. The van der Waals surface area contributed by atoms with Gasteiger partial charge in [-0.15, -0.1) is 0 Å². The number of methoxy groups -OCH3 is 1. The van der Waals surface area contributed by atoms with Gasteiger partial charge in [-0.3, -0.25) is 0 Å². The molecule has 0 spiro atoms. The molecule has 1 aliphatic rings. The van der Waals surface area contributed by atoms with E-state index in [2.05, 4.69) is 0 Å². The summed E-state index contributed by atoms with van der Waals surface area (Å²) in [5.74, 6) is 0.855. The van der Waals surface area contributed by atoms with Gasteiger partial charge in [-0.1, -0.05) is 18.2 Å². The van der Waals surface area contributed by atoms with Gasteiger partial charge in [-0.25, -0.2) is 4.79 Å². The average molecular weight is 250 g/mol. The molecule has 0 saturated heterocycles. The van der Waals surface area contributed by atoms with Crippen LogP contribution in [0.4, 0.5) is 0 Å². The lowest BCUT2D eigenvalue weighted by Gasteiger charge is -2.15. The topological polar surface area (TPSA) is 44.8 Å². The molecule has 0 N–H and O–H groups in total. The molecule has 0 radical (unpaired) electrons. The summed E-state index contributed by atoms with van der Waals surface area (Å²) in [4.78, 5) is 11.5. The zero-order valence-electron chi connectivity index (χ0n) is 10.5. The summed E-state index contributed by atoms with van der Waals surface area (Å²) < 4.78 is 15.8. The van der Waals surface area contributed by atoms with E-state index in [0.29, 0.717) is 19.1 Å². The maximum atomic E-state index is 11.5. The fourth-order valence-corrected chi connectivity index (χ4v) is 1.76. The van der Waals surface area contributed by atoms with Crippen LogP contribution in [-0.2, 0) is 14.3 Å². The minimum absolute atomic E-state index is 0.280. The lowest BCUT2D eigenvalue weighted by molar-refractivity contribution is -0.156. The van der Waals surface area contributed by atoms with Crippen molar-refractivity contribution in [3.05, 3.63) is 30.3 Å². The van der Waals surface area contributed by atoms with Gasteiger partial charge in [-0.05, 0) is 30.9 Å². The van der Waals surface area contributed by atoms with Crippen LogP contribution in [-0.4, -0.2) is 32.4 Å². The molecule has 0 aromatic heterocycles. The molecule has 4 nitrogen and oxygen atoms in total. The molecule has 0 bridgehead atoms. The fraction of sp³-hybridized carbons (Fsp3) is 0.500. The highest BCUT2D eigenvalue weighted by Gasteiger charge is 2.37. The standard InChI is InChI=1S/C14H18O4/c1-16-14(15)13(11-7-8-11)18-10-9-17-12-5-3-2-4-6-12/h2-6,11,13H,7-10H2,1H3. The summed E-state index contributed by atoms with van der Waals surface area (Å²) in [7, 11) is 1.39. The van der Waals surface area contributed by atoms with Gasteiger partial charge in [0.15, 0.2) is 6.10 Å². The molecule has 0 heterocycles. The van der Waals surface area contributed by atoms with Crippen molar-refractivity contribution in [2.45, 2.75) is 18.9 Å². The van der Waals surface area contributed by atoms with Crippen molar-refractivity contribution in [3.63, 3.8) is 0 Å². The van der Waals surface area contributed by atoms with Crippen LogP contribution in [0.2, 0.25) is 0 Å². The van der Waals surface area contributed by atoms with Gasteiger partial charge in [-0.2, -0.15) is 0 Å². The maximum Gasteiger partial charge on any atom is 0.335 e. The Hall–Kier alpha value is -1.55. The van der Waals surface area contributed by atoms with Crippen molar-refractivity contribution in [1.29, 1.82) is 0 Å². The number of hydrogen-bond acceptors (Lipinski definition) is 4. The number of hydrogen-bond donors (Lipinski definition) is 0. The second kappa shape index (κ2) is 6.40. The van der Waals surface area contributed by atoms with E-state index in [1.807, 2.05) is 30.3 Å². The number of esters is 1. The summed E-state index contributed by atoms with van der Waals surface area (Å²) >= 11 is 0. The van der Waals surface area contributed by atoms with Crippen molar-refractivity contribution < 1.29 is 19.0 Å². The monoisotopic (exact) mass is 250 g/mol. The van der Waals surface area contributed by atoms with E-state index in [1.165, 1.54) is 7.11 Å². The van der Waals surface area contributed by atoms with Gasteiger partial charge >= 0.3 is 5.97 Å². The van der Waals surface area contributed by atoms with Gasteiger partial charge in [0.2, 0.25) is 0 Å². The molecule has 4 heteroatoms. The Morgan fingerprint density at radius 1 is 1.28 bits per heavy atom. The largest absolute Gasteiger partial charge is 0.491 e. The molecule has 98 valence electrons. The van der Waals surface area contributed by atoms with E-state index in [1.54, 1.807) is 0 Å². The zero-order valence-corrected chi connectivity index (χ0v) is 10.5. The van der Waals surface area contributed by atoms with Gasteiger partial charge in [0.1, 0.15) is 12.4 Å². The number of carbonyl (C=O) groups is 1. The summed E-state index contributed by atoms with van der Waals surface area (Å²) in [6.07, 6.45) is 1.66. The Bertz CT molecular complexity index is 373. The highest BCUT2D eigenvalue weighted by atomic mass is 16.6. The first-order valence-electron chi connectivity index (χ1n) is 6.18. The summed E-state index contributed by atoms with van der Waals surface area (Å²) in [6.45, 7) is 0.829. The molecule has 0 amide bonds. The minimum Gasteiger partial charge on any atom is -0.491 e. The molecule has 2 rings (SSSR count). The first-order chi connectivity index (χ1) is 8.81. The van der Waals surface area contributed by atoms with Crippen molar-refractivity contribution >= 4 is 5.97 Å². The first kappa shape index (κ1) is 12.9. The lowest BCUT2D eigenvalue weighted by Crippen LogP contribution is -2.29. The van der Waals surface area contributed by atoms with Crippen LogP contribution in [0.5, 0.6) is 5.75 Å². The highest BCUT2D eigenvalue weighted by Crippen LogP contribution is 2.34. The lowest BCUT2D eigenvalue weighted by atomic mass is 10.2. The maximum absolute atomic E-state index is 11.5. The third kappa shape index (κ3) is 3.74. The van der Waals surface area contributed by atoms with E-state index >= 15 is 0 Å². The van der Waals surface area contributed by atoms with Crippen molar-refractivity contribution in [2.75, 3.05) is 20.3 Å². The Balaban J connectivity index is 1.69. The Kier molecular flexibility index (Phi) is 4.59. The summed E-state index contributed by atoms with van der Waals surface area (Å²) in [5.41, 5.74) is 0. The number of para-hydroxylation sites is 1. The molecule has 1 unspecified atom stereocenters. The molecular formula is C14H18O4. The van der Waals surface area contributed by atoms with E-state index in [0.717, 1.165) is 18.6 Å². The van der Waals surface area contributed by atoms with Crippen LogP contribution in [0.1, 0.15) is 12.8 Å². The van der Waals surface area contributed by atoms with E-state index in [-0.39, 0.29) is 5.97 Å². The smallest absolute Gasteiger partial charge is 0.335 e. The first-order valence-corrected chi connectivity index (χ1v) is 6.18. The van der Waals surface area contributed by atoms with Crippen LogP contribution >= 0.6 is 0 Å². The molecule has 1 aliphatic carbocycles. The fourth-order valence-electron chi connectivity index (χ4n) is 1.76. The van der Waals surface area contributed by atoms with Crippen molar-refractivity contribution in [1.82, 2.24) is 0 Å². The van der Waals surface area contributed by atoms with E-state index < -0.39 is 6.10 Å². The second-order valence-electron chi connectivity index (χ2n) is 4.31. The van der Waals surface area contributed by atoms with Crippen molar-refractivity contribution in [2.24, 2.45) is 5.92 Å². The molecule has 1 aromatic rings. The van der Waals surface area contributed by atoms with Gasteiger partial charge in [0.25, 0.3) is 0 Å². The zero-order chi connectivity index (χ0) is 12.8. The predicted molar refractivity (Wildman–Crippen MR) is 66.4 cm³/mol. The van der Waals surface area contributed by atoms with Crippen LogP contribution in [0.3, 0.4) is 0 Å². The third-order valence-electron chi connectivity index (χ3n) is 2.88. The molecular weight excluding hydrogens is 232 g/mol. The molecule has 1 fully saturated rings. The number of benzene rings is 1. The number of ether oxygens (including phenoxy) is 3. The quantitative estimate of drug-likeness (QED) is 0.548. The van der Waals surface area contributed by atoms with E-state index in [4.69, 9.17) is 14.2 Å². The minimum atomic E-state index is -0.422. The Morgan fingerprint density at radius 3 is 2.61 bits per heavy atom. The SMILES string of the molecule is COC(=O)C(OCCOc1ccccc1)C1CC1. The molecule has 1 aromatic carbocycles. The average Bonchev–Trinajstić information content (AvgIpc) is 3.23. The highest BCUT2D eigenvalue weighted by molar-refractivity contribution is 5.75. The summed E-state index contributed by atoms with van der Waals surface area (Å²) in [5, 5.41) is 0. The number of carbonyl (C=O) groups excluding carboxylic acids is 1. The van der Waals surface area contributed by atoms with Crippen LogP contribution in [0.15, 0.2) is 30.3 Å². The van der Waals surface area contributed by atoms with Gasteiger partial charge in [0, 0.05) is 0 Å². The Labute approximate surface area is 107 Å². The normalized spacial score (nSPS) is 16.1. The molecule has 18 heavy (non-hydrogen) atoms. The van der Waals surface area contributed by atoms with Crippen LogP contribution < -0.4 is 4.74 Å². The van der Waals surface area contributed by atoms with E-state index in [9.17, 15) is 4.79 Å². The molecule has 1 saturated carbocycles. The molecule has 1 atom stereocenters. The third-order valence-corrected chi connectivity index (χ3v) is 2.88.